The summed E-state index contributed by atoms with van der Waals surface area (Å²) >= 11 is 0. The molecule has 4 aliphatic carbocycles. The Labute approximate surface area is 233 Å². The molecule has 0 aromatic rings. The first kappa shape index (κ1) is 27.5. The number of ether oxygens (including phenoxy) is 2. The van der Waals surface area contributed by atoms with E-state index in [9.17, 15) is 19.8 Å². The van der Waals surface area contributed by atoms with Crippen molar-refractivity contribution in [3.8, 4) is 0 Å². The van der Waals surface area contributed by atoms with Gasteiger partial charge in [0.05, 0.1) is 11.7 Å². The van der Waals surface area contributed by atoms with Crippen LogP contribution in [0.2, 0.25) is 0 Å². The van der Waals surface area contributed by atoms with Crippen molar-refractivity contribution < 1.29 is 29.3 Å². The van der Waals surface area contributed by atoms with Crippen LogP contribution in [0.3, 0.4) is 0 Å². The molecule has 0 unspecified atom stereocenters. The highest BCUT2D eigenvalue weighted by molar-refractivity contribution is 5.85. The fourth-order valence-electron chi connectivity index (χ4n) is 10.2. The second-order valence-electron chi connectivity index (χ2n) is 14.1. The number of hydrogen-bond donors (Lipinski definition) is 2. The summed E-state index contributed by atoms with van der Waals surface area (Å²) in [6.45, 7) is 8.21. The number of aliphatic hydroxyl groups excluding tert-OH is 1. The van der Waals surface area contributed by atoms with Gasteiger partial charge in [-0.15, -0.1) is 0 Å². The Hall–Kier alpha value is -1.64. The van der Waals surface area contributed by atoms with Gasteiger partial charge < -0.3 is 24.6 Å². The first-order valence-electron chi connectivity index (χ1n) is 15.5. The lowest BCUT2D eigenvalue weighted by Crippen LogP contribution is -2.67. The maximum Gasteiger partial charge on any atom is 0.409 e. The molecule has 0 bridgehead atoms. The molecule has 6 rings (SSSR count). The zero-order valence-corrected chi connectivity index (χ0v) is 24.1. The summed E-state index contributed by atoms with van der Waals surface area (Å²) in [7, 11) is 1.89. The van der Waals surface area contributed by atoms with Crippen LogP contribution in [-0.2, 0) is 14.3 Å². The minimum atomic E-state index is -0.951. The Morgan fingerprint density at radius 3 is 2.62 bits per heavy atom. The SMILES string of the molecule is CN(C(=O)OCCN1CCCC1)[C@H]1CC[C@@]2(C)[C@H](CC[C@@H]3[C@@H]2C[C@@H](O)[C@]2(C)[C@@H](C4=CC(=O)OC4)CC[C@]32O)C1. The van der Waals surface area contributed by atoms with Crippen molar-refractivity contribution >= 4 is 12.1 Å². The van der Waals surface area contributed by atoms with Crippen LogP contribution >= 0.6 is 0 Å². The highest BCUT2D eigenvalue weighted by atomic mass is 16.6. The molecule has 0 radical (unpaired) electrons. The van der Waals surface area contributed by atoms with Crippen LogP contribution in [0.5, 0.6) is 0 Å². The van der Waals surface area contributed by atoms with E-state index < -0.39 is 17.1 Å². The monoisotopic (exact) mass is 544 g/mol. The van der Waals surface area contributed by atoms with Crippen LogP contribution in [0.4, 0.5) is 4.79 Å². The molecule has 2 N–H and O–H groups in total. The highest BCUT2D eigenvalue weighted by Gasteiger charge is 2.70. The Morgan fingerprint density at radius 2 is 1.90 bits per heavy atom. The van der Waals surface area contributed by atoms with Crippen LogP contribution in [0, 0.1) is 34.5 Å². The average Bonchev–Trinajstić information content (AvgIpc) is 3.64. The summed E-state index contributed by atoms with van der Waals surface area (Å²) in [6, 6.07) is 0.170. The summed E-state index contributed by atoms with van der Waals surface area (Å²) in [5, 5.41) is 24.2. The highest BCUT2D eigenvalue weighted by Crippen LogP contribution is 2.70. The van der Waals surface area contributed by atoms with Crippen LogP contribution in [-0.4, -0.2) is 89.7 Å². The number of fused-ring (bicyclic) bond motifs is 5. The number of carbonyl (C=O) groups is 2. The number of carbonyl (C=O) groups excluding carboxylic acids is 2. The van der Waals surface area contributed by atoms with Gasteiger partial charge >= 0.3 is 12.1 Å². The lowest BCUT2D eigenvalue weighted by molar-refractivity contribution is -0.243. The number of cyclic esters (lactones) is 1. The maximum atomic E-state index is 12.9. The summed E-state index contributed by atoms with van der Waals surface area (Å²) in [6.07, 6.45) is 10.2. The summed E-state index contributed by atoms with van der Waals surface area (Å²) in [5.41, 5.74) is -0.658. The third-order valence-corrected chi connectivity index (χ3v) is 12.7. The molecule has 6 aliphatic rings. The third-order valence-electron chi connectivity index (χ3n) is 12.7. The largest absolute Gasteiger partial charge is 0.458 e. The van der Waals surface area contributed by atoms with Crippen LogP contribution in [0.1, 0.15) is 78.1 Å². The molecule has 1 amide bonds. The molecule has 2 heterocycles. The van der Waals surface area contributed by atoms with Gasteiger partial charge in [0.15, 0.2) is 0 Å². The molecule has 9 atom stereocenters. The van der Waals surface area contributed by atoms with Crippen LogP contribution in [0.15, 0.2) is 11.6 Å². The van der Waals surface area contributed by atoms with Crippen molar-refractivity contribution in [2.45, 2.75) is 95.8 Å². The molecular formula is C31H48N2O6. The summed E-state index contributed by atoms with van der Waals surface area (Å²) in [4.78, 5) is 28.9. The van der Waals surface area contributed by atoms with E-state index in [-0.39, 0.29) is 47.9 Å². The summed E-state index contributed by atoms with van der Waals surface area (Å²) in [5.74, 6) is 0.504. The predicted molar refractivity (Wildman–Crippen MR) is 146 cm³/mol. The Morgan fingerprint density at radius 1 is 1.13 bits per heavy atom. The predicted octanol–water partition coefficient (Wildman–Crippen LogP) is 3.75. The Balaban J connectivity index is 1.13. The molecule has 0 aromatic carbocycles. The first-order valence-corrected chi connectivity index (χ1v) is 15.5. The van der Waals surface area contributed by atoms with E-state index >= 15 is 0 Å². The van der Waals surface area contributed by atoms with Crippen molar-refractivity contribution in [3.05, 3.63) is 11.6 Å². The van der Waals surface area contributed by atoms with E-state index in [1.807, 2.05) is 11.9 Å². The van der Waals surface area contributed by atoms with Gasteiger partial charge in [0.2, 0.25) is 0 Å². The minimum absolute atomic E-state index is 0.0295. The van der Waals surface area contributed by atoms with Crippen LogP contribution in [0.25, 0.3) is 0 Å². The zero-order chi connectivity index (χ0) is 27.6. The molecule has 0 aromatic heterocycles. The number of aliphatic hydroxyl groups is 2. The average molecular weight is 545 g/mol. The molecule has 8 nitrogen and oxygen atoms in total. The fourth-order valence-corrected chi connectivity index (χ4v) is 10.2. The Kier molecular flexibility index (Phi) is 7.07. The van der Waals surface area contributed by atoms with E-state index in [2.05, 4.69) is 18.7 Å². The van der Waals surface area contributed by atoms with Gasteiger partial charge in [0.25, 0.3) is 0 Å². The van der Waals surface area contributed by atoms with Crippen molar-refractivity contribution in [1.29, 1.82) is 0 Å². The van der Waals surface area contributed by atoms with Crippen molar-refractivity contribution in [3.63, 3.8) is 0 Å². The van der Waals surface area contributed by atoms with Gasteiger partial charge in [-0.2, -0.15) is 0 Å². The Bertz CT molecular complexity index is 1010. The second-order valence-corrected chi connectivity index (χ2v) is 14.1. The molecular weight excluding hydrogens is 496 g/mol. The molecule has 39 heavy (non-hydrogen) atoms. The molecule has 4 saturated carbocycles. The topological polar surface area (TPSA) is 99.5 Å². The second kappa shape index (κ2) is 10.0. The molecule has 5 fully saturated rings. The van der Waals surface area contributed by atoms with Crippen molar-refractivity contribution in [2.75, 3.05) is 39.9 Å². The smallest absolute Gasteiger partial charge is 0.409 e. The van der Waals surface area contributed by atoms with Gasteiger partial charge in [-0.05, 0) is 112 Å². The van der Waals surface area contributed by atoms with E-state index in [0.29, 0.717) is 25.4 Å². The molecule has 218 valence electrons. The van der Waals surface area contributed by atoms with Gasteiger partial charge in [-0.25, -0.2) is 9.59 Å². The van der Waals surface area contributed by atoms with E-state index in [1.165, 1.54) is 12.8 Å². The molecule has 0 spiro atoms. The normalized spacial score (nSPS) is 45.7. The lowest BCUT2D eigenvalue weighted by atomic mass is 9.42. The van der Waals surface area contributed by atoms with Gasteiger partial charge in [0.1, 0.15) is 13.2 Å². The van der Waals surface area contributed by atoms with Gasteiger partial charge in [-0.1, -0.05) is 13.8 Å². The number of amides is 1. The zero-order valence-electron chi connectivity index (χ0n) is 24.1. The van der Waals surface area contributed by atoms with Crippen molar-refractivity contribution in [2.24, 2.45) is 34.5 Å². The lowest BCUT2D eigenvalue weighted by Gasteiger charge is -2.65. The number of likely N-dealkylation sites (tertiary alicyclic amines) is 1. The standard InChI is InChI=1S/C31H48N2O6/c1-29-10-8-22(32(3)28(36)38-15-14-33-12-4-5-13-33)17-21(29)6-7-24-25(29)18-26(34)30(2)23(9-11-31(24,30)37)20-16-27(35)39-19-20/h16,21-26,34,37H,4-15,17-19H2,1-3H3/t21-,22+,23-,24-,25+,26-,29+,30+,31+/m1/s1. The first-order chi connectivity index (χ1) is 18.6. The summed E-state index contributed by atoms with van der Waals surface area (Å²) < 4.78 is 10.9. The van der Waals surface area contributed by atoms with E-state index in [1.54, 1.807) is 6.08 Å². The number of hydrogen-bond acceptors (Lipinski definition) is 7. The molecule has 8 heteroatoms. The number of esters is 1. The number of rotatable bonds is 5. The quantitative estimate of drug-likeness (QED) is 0.509. The fraction of sp³-hybridized carbons (Fsp3) is 0.871. The van der Waals surface area contributed by atoms with Gasteiger partial charge in [-0.3, -0.25) is 4.90 Å². The third kappa shape index (κ3) is 4.26. The maximum absolute atomic E-state index is 12.9. The molecule has 1 saturated heterocycles. The minimum Gasteiger partial charge on any atom is -0.458 e. The van der Waals surface area contributed by atoms with E-state index in [0.717, 1.165) is 63.7 Å². The van der Waals surface area contributed by atoms with Crippen LogP contribution < -0.4 is 0 Å². The van der Waals surface area contributed by atoms with Crippen molar-refractivity contribution in [1.82, 2.24) is 9.80 Å². The number of nitrogens with zero attached hydrogens (tertiary/aromatic N) is 2. The van der Waals surface area contributed by atoms with Gasteiger partial charge in [0, 0.05) is 31.1 Å². The van der Waals surface area contributed by atoms with E-state index in [4.69, 9.17) is 9.47 Å². The molecule has 2 aliphatic heterocycles.